The van der Waals surface area contributed by atoms with Crippen molar-refractivity contribution in [2.75, 3.05) is 6.54 Å². The Morgan fingerprint density at radius 1 is 0.857 bits per heavy atom. The molecule has 0 radical (unpaired) electrons. The molecule has 2 aliphatic heterocycles. The van der Waals surface area contributed by atoms with E-state index in [1.54, 1.807) is 6.08 Å². The number of hydrogen-bond donors (Lipinski definition) is 2. The van der Waals surface area contributed by atoms with Crippen LogP contribution in [0, 0.1) is 11.8 Å². The van der Waals surface area contributed by atoms with Gasteiger partial charge in [0, 0.05) is 19.0 Å². The van der Waals surface area contributed by atoms with E-state index in [0.717, 1.165) is 33.0 Å². The summed E-state index contributed by atoms with van der Waals surface area (Å²) >= 11 is 0. The van der Waals surface area contributed by atoms with E-state index in [1.807, 2.05) is 109 Å². The highest BCUT2D eigenvalue weighted by Crippen LogP contribution is 2.50. The summed E-state index contributed by atoms with van der Waals surface area (Å²) in [6.45, 7) is 3.92. The number of fused-ring (bicyclic) bond motifs is 2. The highest BCUT2D eigenvalue weighted by Gasteiger charge is 2.68. The zero-order chi connectivity index (χ0) is 29.3. The van der Waals surface area contributed by atoms with Gasteiger partial charge in [-0.25, -0.2) is 0 Å². The molecule has 2 fully saturated rings. The molecule has 210 valence electrons. The second-order valence-corrected chi connectivity index (χ2v) is 11.1. The number of nitrogens with one attached hydrogen (secondary N) is 1. The molecule has 0 aromatic heterocycles. The minimum absolute atomic E-state index is 0.0665. The zero-order valence-corrected chi connectivity index (χ0v) is 23.1. The fraction of sp³-hybridized carbons (Fsp3) is 0.194. The second kappa shape index (κ2) is 11.2. The van der Waals surface area contributed by atoms with Crippen molar-refractivity contribution in [3.63, 3.8) is 0 Å². The number of carboxylic acids is 1. The van der Waals surface area contributed by atoms with Gasteiger partial charge in [0.2, 0.25) is 11.8 Å². The summed E-state index contributed by atoms with van der Waals surface area (Å²) in [7, 11) is 0. The van der Waals surface area contributed by atoms with E-state index in [9.17, 15) is 19.5 Å². The third-order valence-electron chi connectivity index (χ3n) is 8.54. The standard InChI is InChI=1S/C36H32N2O4/c1-2-3-21-38-33(39)30-31(34(38)40)36(35(41)42,23-26-17-18-27-11-7-8-12-29(27)22-26)37-32(30)28-19-15-25(16-20-28)14-13-24-9-5-4-6-10-24/h2,4-20,22,30-32,37H,1,3,21,23H2,(H,41,42). The number of benzene rings is 4. The third kappa shape index (κ3) is 4.84. The van der Waals surface area contributed by atoms with Gasteiger partial charge in [0.1, 0.15) is 5.54 Å². The summed E-state index contributed by atoms with van der Waals surface area (Å²) < 4.78 is 0. The maximum Gasteiger partial charge on any atom is 0.325 e. The molecule has 0 saturated carbocycles. The van der Waals surface area contributed by atoms with Gasteiger partial charge >= 0.3 is 5.97 Å². The lowest BCUT2D eigenvalue weighted by atomic mass is 9.76. The van der Waals surface area contributed by atoms with Gasteiger partial charge < -0.3 is 5.11 Å². The summed E-state index contributed by atoms with van der Waals surface area (Å²) in [4.78, 5) is 42.0. The lowest BCUT2D eigenvalue weighted by Crippen LogP contribution is -2.57. The molecule has 2 saturated heterocycles. The highest BCUT2D eigenvalue weighted by atomic mass is 16.4. The Morgan fingerprint density at radius 3 is 2.21 bits per heavy atom. The lowest BCUT2D eigenvalue weighted by Gasteiger charge is -2.31. The van der Waals surface area contributed by atoms with E-state index >= 15 is 0 Å². The number of nitrogens with zero attached hydrogens (tertiary/aromatic N) is 1. The fourth-order valence-electron chi connectivity index (χ4n) is 6.47. The van der Waals surface area contributed by atoms with Gasteiger partial charge in [-0.3, -0.25) is 24.6 Å². The Kier molecular flexibility index (Phi) is 7.31. The Labute approximate surface area is 245 Å². The van der Waals surface area contributed by atoms with Crippen LogP contribution in [0.5, 0.6) is 0 Å². The van der Waals surface area contributed by atoms with Gasteiger partial charge in [-0.05, 0) is 39.4 Å². The molecule has 2 heterocycles. The van der Waals surface area contributed by atoms with Crippen LogP contribution in [0.3, 0.4) is 0 Å². The first-order valence-corrected chi connectivity index (χ1v) is 14.2. The number of carbonyl (C=O) groups is 3. The second-order valence-electron chi connectivity index (χ2n) is 11.1. The van der Waals surface area contributed by atoms with E-state index in [0.29, 0.717) is 6.42 Å². The summed E-state index contributed by atoms with van der Waals surface area (Å²) in [5, 5.41) is 16.1. The van der Waals surface area contributed by atoms with Gasteiger partial charge in [-0.2, -0.15) is 0 Å². The SMILES string of the molecule is C=CCCN1C(=O)C2C(c3ccc(C=Cc4ccccc4)cc3)NC(Cc3ccc4ccccc4c3)(C(=O)O)C2C1=O. The van der Waals surface area contributed by atoms with Crippen LogP contribution >= 0.6 is 0 Å². The molecule has 0 bridgehead atoms. The van der Waals surface area contributed by atoms with Crippen molar-refractivity contribution in [3.05, 3.63) is 132 Å². The van der Waals surface area contributed by atoms with Crippen LogP contribution in [0.1, 0.15) is 34.7 Å². The van der Waals surface area contributed by atoms with Gasteiger partial charge in [-0.15, -0.1) is 6.58 Å². The smallest absolute Gasteiger partial charge is 0.325 e. The molecule has 2 aliphatic rings. The monoisotopic (exact) mass is 556 g/mol. The fourth-order valence-corrected chi connectivity index (χ4v) is 6.47. The molecule has 2 amide bonds. The first kappa shape index (κ1) is 27.4. The van der Waals surface area contributed by atoms with Crippen molar-refractivity contribution in [2.45, 2.75) is 24.4 Å². The average molecular weight is 557 g/mol. The predicted molar refractivity (Wildman–Crippen MR) is 164 cm³/mol. The zero-order valence-electron chi connectivity index (χ0n) is 23.1. The Bertz CT molecular complexity index is 1690. The van der Waals surface area contributed by atoms with Crippen molar-refractivity contribution < 1.29 is 19.5 Å². The van der Waals surface area contributed by atoms with Crippen LogP contribution in [0.15, 0.2) is 110 Å². The van der Waals surface area contributed by atoms with Crippen molar-refractivity contribution in [2.24, 2.45) is 11.8 Å². The Hall–Kier alpha value is -4.81. The normalized spacial score (nSPS) is 23.5. The van der Waals surface area contributed by atoms with E-state index in [-0.39, 0.29) is 18.9 Å². The van der Waals surface area contributed by atoms with Gasteiger partial charge in [0.15, 0.2) is 0 Å². The van der Waals surface area contributed by atoms with E-state index in [1.165, 1.54) is 4.90 Å². The molecule has 42 heavy (non-hydrogen) atoms. The van der Waals surface area contributed by atoms with Crippen LogP contribution in [0.25, 0.3) is 22.9 Å². The molecule has 0 spiro atoms. The van der Waals surface area contributed by atoms with Crippen molar-refractivity contribution in [1.82, 2.24) is 10.2 Å². The van der Waals surface area contributed by atoms with Crippen LogP contribution in [-0.2, 0) is 20.8 Å². The molecule has 2 N–H and O–H groups in total. The van der Waals surface area contributed by atoms with Gasteiger partial charge in [0.05, 0.1) is 11.8 Å². The number of aliphatic carboxylic acids is 1. The van der Waals surface area contributed by atoms with Crippen molar-refractivity contribution >= 4 is 40.7 Å². The van der Waals surface area contributed by atoms with Crippen LogP contribution < -0.4 is 5.32 Å². The van der Waals surface area contributed by atoms with Gasteiger partial charge in [0.25, 0.3) is 0 Å². The number of amides is 2. The lowest BCUT2D eigenvalue weighted by molar-refractivity contribution is -0.151. The van der Waals surface area contributed by atoms with Crippen LogP contribution in [0.2, 0.25) is 0 Å². The molecule has 6 nitrogen and oxygen atoms in total. The molecule has 0 aliphatic carbocycles. The van der Waals surface area contributed by atoms with Gasteiger partial charge in [-0.1, -0.05) is 115 Å². The summed E-state index contributed by atoms with van der Waals surface area (Å²) in [5.74, 6) is -3.78. The molecule has 6 heteroatoms. The molecular formula is C36H32N2O4. The predicted octanol–water partition coefficient (Wildman–Crippen LogP) is 5.90. The third-order valence-corrected chi connectivity index (χ3v) is 8.54. The average Bonchev–Trinajstić information content (AvgIpc) is 3.49. The largest absolute Gasteiger partial charge is 0.480 e. The minimum Gasteiger partial charge on any atom is -0.480 e. The number of imide groups is 1. The maximum atomic E-state index is 13.8. The summed E-state index contributed by atoms with van der Waals surface area (Å²) in [6.07, 6.45) is 6.20. The van der Waals surface area contributed by atoms with Crippen molar-refractivity contribution in [1.29, 1.82) is 0 Å². The van der Waals surface area contributed by atoms with Crippen molar-refractivity contribution in [3.8, 4) is 0 Å². The highest BCUT2D eigenvalue weighted by molar-refractivity contribution is 6.09. The number of hydrogen-bond acceptors (Lipinski definition) is 4. The Morgan fingerprint density at radius 2 is 1.52 bits per heavy atom. The van der Waals surface area contributed by atoms with Crippen LogP contribution in [0.4, 0.5) is 0 Å². The molecule has 4 unspecified atom stereocenters. The topological polar surface area (TPSA) is 86.7 Å². The molecule has 4 aromatic rings. The van der Waals surface area contributed by atoms with Crippen LogP contribution in [-0.4, -0.2) is 39.9 Å². The molecular weight excluding hydrogens is 524 g/mol. The Balaban J connectivity index is 1.37. The first-order valence-electron chi connectivity index (χ1n) is 14.2. The quantitative estimate of drug-likeness (QED) is 0.152. The number of carbonyl (C=O) groups excluding carboxylic acids is 2. The molecule has 4 atom stereocenters. The summed E-state index contributed by atoms with van der Waals surface area (Å²) in [6, 6.07) is 30.8. The number of likely N-dealkylation sites (tertiary alicyclic amines) is 1. The van der Waals surface area contributed by atoms with E-state index in [4.69, 9.17) is 0 Å². The molecule has 6 rings (SSSR count). The minimum atomic E-state index is -1.65. The van der Waals surface area contributed by atoms with E-state index in [2.05, 4.69) is 11.9 Å². The summed E-state index contributed by atoms with van der Waals surface area (Å²) in [5.41, 5.74) is 1.96. The maximum absolute atomic E-state index is 13.8. The first-order chi connectivity index (χ1) is 20.4. The number of carboxylic acid groups (broad SMARTS) is 1. The number of rotatable bonds is 9. The molecule has 4 aromatic carbocycles. The van der Waals surface area contributed by atoms with E-state index < -0.39 is 35.3 Å².